The van der Waals surface area contributed by atoms with Crippen LogP contribution in [0.4, 0.5) is 0 Å². The van der Waals surface area contributed by atoms with Crippen molar-refractivity contribution in [1.29, 1.82) is 0 Å². The monoisotopic (exact) mass is 608 g/mol. The number of benzene rings is 1. The second-order valence-electron chi connectivity index (χ2n) is 15.4. The molecule has 0 bridgehead atoms. The van der Waals surface area contributed by atoms with Gasteiger partial charge in [-0.05, 0) is 71.5 Å². The Kier molecular flexibility index (Phi) is 15.9. The Bertz CT molecular complexity index is 932. The van der Waals surface area contributed by atoms with E-state index in [0.29, 0.717) is 30.4 Å². The van der Waals surface area contributed by atoms with Gasteiger partial charge < -0.3 is 14.5 Å². The zero-order chi connectivity index (χ0) is 32.4. The van der Waals surface area contributed by atoms with Crippen molar-refractivity contribution < 1.29 is 19.1 Å². The van der Waals surface area contributed by atoms with Crippen LogP contribution in [0.25, 0.3) is 0 Å². The molecule has 0 aliphatic carbocycles. The molecule has 0 saturated heterocycles. The van der Waals surface area contributed by atoms with E-state index in [-0.39, 0.29) is 16.9 Å². The molecular weight excluding hydrogens is 539 g/mol. The van der Waals surface area contributed by atoms with Gasteiger partial charge >= 0.3 is 7.60 Å². The second-order valence-corrected chi connectivity index (χ2v) is 17.5. The Labute approximate surface area is 261 Å². The number of phenolic OH excluding ortho intramolecular Hbond substituents is 1. The summed E-state index contributed by atoms with van der Waals surface area (Å²) in [5, 5.41) is 10.3. The van der Waals surface area contributed by atoms with Crippen LogP contribution in [0.1, 0.15) is 183 Å². The van der Waals surface area contributed by atoms with Gasteiger partial charge in [0.1, 0.15) is 5.75 Å². The van der Waals surface area contributed by atoms with E-state index < -0.39 is 12.8 Å². The van der Waals surface area contributed by atoms with Gasteiger partial charge in [0.05, 0.1) is 11.3 Å². The molecule has 4 unspecified atom stereocenters. The molecule has 0 heterocycles. The number of aromatic hydroxyl groups is 1. The molecule has 0 aliphatic rings. The van der Waals surface area contributed by atoms with Crippen LogP contribution in [-0.4, -0.2) is 16.1 Å². The van der Waals surface area contributed by atoms with E-state index >= 15 is 0 Å². The molecule has 4 atom stereocenters. The van der Waals surface area contributed by atoms with Crippen molar-refractivity contribution in [3.63, 3.8) is 0 Å². The molecule has 0 radical (unpaired) electrons. The maximum absolute atomic E-state index is 14.7. The summed E-state index contributed by atoms with van der Waals surface area (Å²) in [6.07, 6.45) is 13.1. The standard InChI is InChI=1S/C37H69O4P/c1-13-17-18-19-20-21-22-23-31(25-29(6)24-28(5)14-2)41-42(39,40)37(15-3,16-4)30-26-32(35(7,8)9)34(38)33(27-30)36(10,11)12/h26-29,31,38H,13-25H2,1-12H3,(H,39,40). The molecule has 1 aromatic carbocycles. The molecule has 246 valence electrons. The van der Waals surface area contributed by atoms with Crippen molar-refractivity contribution in [2.24, 2.45) is 11.8 Å². The highest BCUT2D eigenvalue weighted by molar-refractivity contribution is 7.54. The summed E-state index contributed by atoms with van der Waals surface area (Å²) in [5.41, 5.74) is 1.81. The van der Waals surface area contributed by atoms with Gasteiger partial charge in [0.2, 0.25) is 0 Å². The van der Waals surface area contributed by atoms with Gasteiger partial charge in [0.15, 0.2) is 0 Å². The summed E-state index contributed by atoms with van der Waals surface area (Å²) >= 11 is 0. The minimum atomic E-state index is -4.12. The molecule has 5 heteroatoms. The maximum Gasteiger partial charge on any atom is 0.338 e. The van der Waals surface area contributed by atoms with Crippen LogP contribution in [0.15, 0.2) is 12.1 Å². The van der Waals surface area contributed by atoms with Crippen molar-refractivity contribution in [2.75, 3.05) is 0 Å². The average molecular weight is 609 g/mol. The van der Waals surface area contributed by atoms with Crippen LogP contribution in [0.3, 0.4) is 0 Å². The van der Waals surface area contributed by atoms with E-state index in [1.165, 1.54) is 32.1 Å². The lowest BCUT2D eigenvalue weighted by molar-refractivity contribution is 0.119. The van der Waals surface area contributed by atoms with Crippen molar-refractivity contribution in [3.8, 4) is 5.75 Å². The van der Waals surface area contributed by atoms with E-state index in [4.69, 9.17) is 4.52 Å². The SMILES string of the molecule is CCCCCCCCCC(CC(C)CC(C)CC)OP(=O)(O)C(CC)(CC)c1cc(C(C)(C)C)c(O)c(C(C)(C)C)c1. The first-order valence-corrected chi connectivity index (χ1v) is 18.9. The number of rotatable bonds is 19. The lowest BCUT2D eigenvalue weighted by Gasteiger charge is -2.40. The van der Waals surface area contributed by atoms with Crippen LogP contribution in [0.2, 0.25) is 0 Å². The van der Waals surface area contributed by atoms with Gasteiger partial charge in [0, 0.05) is 0 Å². The Balaban J connectivity index is 3.49. The largest absolute Gasteiger partial charge is 0.507 e. The highest BCUT2D eigenvalue weighted by Crippen LogP contribution is 2.66. The molecule has 1 aromatic rings. The zero-order valence-corrected chi connectivity index (χ0v) is 30.6. The molecule has 0 fully saturated rings. The van der Waals surface area contributed by atoms with E-state index in [2.05, 4.69) is 69.2 Å². The molecule has 0 aromatic heterocycles. The van der Waals surface area contributed by atoms with E-state index in [1.54, 1.807) is 0 Å². The Morgan fingerprint density at radius 3 is 1.67 bits per heavy atom. The van der Waals surface area contributed by atoms with Crippen LogP contribution in [0.5, 0.6) is 5.75 Å². The van der Waals surface area contributed by atoms with E-state index in [1.807, 2.05) is 26.0 Å². The third-order valence-electron chi connectivity index (χ3n) is 9.56. The lowest BCUT2D eigenvalue weighted by Crippen LogP contribution is -2.30. The first-order valence-electron chi connectivity index (χ1n) is 17.3. The molecular formula is C37H69O4P. The summed E-state index contributed by atoms with van der Waals surface area (Å²) in [6.45, 7) is 25.6. The van der Waals surface area contributed by atoms with Gasteiger partial charge in [0.25, 0.3) is 0 Å². The molecule has 2 N–H and O–H groups in total. The summed E-state index contributed by atoms with van der Waals surface area (Å²) in [4.78, 5) is 12.0. The van der Waals surface area contributed by atoms with Crippen molar-refractivity contribution >= 4 is 7.60 Å². The summed E-state index contributed by atoms with van der Waals surface area (Å²) in [6, 6.07) is 3.97. The fourth-order valence-corrected chi connectivity index (χ4v) is 8.56. The average Bonchev–Trinajstić information content (AvgIpc) is 2.87. The van der Waals surface area contributed by atoms with Crippen molar-refractivity contribution in [3.05, 3.63) is 28.8 Å². The first-order chi connectivity index (χ1) is 19.4. The van der Waals surface area contributed by atoms with Crippen molar-refractivity contribution in [2.45, 2.75) is 189 Å². The van der Waals surface area contributed by atoms with Gasteiger partial charge in [-0.25, -0.2) is 0 Å². The highest BCUT2D eigenvalue weighted by atomic mass is 31.2. The number of unbranched alkanes of at least 4 members (excludes halogenated alkanes) is 6. The fraction of sp³-hybridized carbons (Fsp3) is 0.838. The summed E-state index contributed by atoms with van der Waals surface area (Å²) < 4.78 is 21.2. The predicted octanol–water partition coefficient (Wildman–Crippen LogP) is 12.2. The third-order valence-corrected chi connectivity index (χ3v) is 12.1. The molecule has 42 heavy (non-hydrogen) atoms. The summed E-state index contributed by atoms with van der Waals surface area (Å²) in [7, 11) is -4.12. The molecule has 0 aliphatic heterocycles. The summed E-state index contributed by atoms with van der Waals surface area (Å²) in [5.74, 6) is 1.36. The predicted molar refractivity (Wildman–Crippen MR) is 183 cm³/mol. The minimum Gasteiger partial charge on any atom is -0.507 e. The number of phenols is 1. The highest BCUT2D eigenvalue weighted by Gasteiger charge is 2.50. The fourth-order valence-electron chi connectivity index (χ4n) is 6.51. The number of hydrogen-bond donors (Lipinski definition) is 2. The molecule has 0 saturated carbocycles. The number of hydrogen-bond acceptors (Lipinski definition) is 3. The van der Waals surface area contributed by atoms with E-state index in [9.17, 15) is 14.6 Å². The van der Waals surface area contributed by atoms with Crippen LogP contribution < -0.4 is 0 Å². The Morgan fingerprint density at radius 1 is 0.762 bits per heavy atom. The Hall–Kier alpha value is -0.830. The van der Waals surface area contributed by atoms with E-state index in [0.717, 1.165) is 55.2 Å². The molecule has 4 nitrogen and oxygen atoms in total. The minimum absolute atomic E-state index is 0.241. The van der Waals surface area contributed by atoms with Gasteiger partial charge in [-0.1, -0.05) is 147 Å². The third kappa shape index (κ3) is 11.0. The van der Waals surface area contributed by atoms with Crippen LogP contribution in [0, 0.1) is 11.8 Å². The normalized spacial score (nSPS) is 16.7. The van der Waals surface area contributed by atoms with Crippen molar-refractivity contribution in [1.82, 2.24) is 0 Å². The topological polar surface area (TPSA) is 66.8 Å². The maximum atomic E-state index is 14.7. The first kappa shape index (κ1) is 39.2. The molecule has 0 amide bonds. The quantitative estimate of drug-likeness (QED) is 0.121. The van der Waals surface area contributed by atoms with Crippen LogP contribution in [-0.2, 0) is 25.1 Å². The van der Waals surface area contributed by atoms with Gasteiger partial charge in [-0.3, -0.25) is 4.57 Å². The zero-order valence-electron chi connectivity index (χ0n) is 29.7. The molecule has 1 rings (SSSR count). The smallest absolute Gasteiger partial charge is 0.338 e. The second kappa shape index (κ2) is 17.0. The Morgan fingerprint density at radius 2 is 1.24 bits per heavy atom. The lowest BCUT2D eigenvalue weighted by atomic mass is 9.76. The van der Waals surface area contributed by atoms with Gasteiger partial charge in [-0.15, -0.1) is 0 Å². The van der Waals surface area contributed by atoms with Gasteiger partial charge in [-0.2, -0.15) is 0 Å². The molecule has 0 spiro atoms. The van der Waals surface area contributed by atoms with Crippen LogP contribution >= 0.6 is 7.60 Å².